The van der Waals surface area contributed by atoms with Gasteiger partial charge in [0.2, 0.25) is 5.95 Å². The number of benzene rings is 2. The van der Waals surface area contributed by atoms with Gasteiger partial charge in [0.25, 0.3) is 0 Å². The number of nitrogens with zero attached hydrogens (tertiary/aromatic N) is 4. The van der Waals surface area contributed by atoms with Crippen LogP contribution in [0, 0.1) is 13.8 Å². The van der Waals surface area contributed by atoms with Gasteiger partial charge < -0.3 is 21.4 Å². The normalized spacial score (nSPS) is 11.5. The van der Waals surface area contributed by atoms with Gasteiger partial charge in [0.1, 0.15) is 17.5 Å². The van der Waals surface area contributed by atoms with E-state index in [4.69, 9.17) is 11.5 Å². The fourth-order valence-electron chi connectivity index (χ4n) is 3.89. The Morgan fingerprint density at radius 1 is 0.733 bits per heavy atom. The molecule has 5 aromatic rings. The number of rotatable bonds is 4. The molecular formula is C22H22N8. The van der Waals surface area contributed by atoms with Crippen molar-refractivity contribution < 1.29 is 0 Å². The van der Waals surface area contributed by atoms with Crippen molar-refractivity contribution >= 4 is 33.8 Å². The molecule has 0 atom stereocenters. The summed E-state index contributed by atoms with van der Waals surface area (Å²) in [7, 11) is 0. The van der Waals surface area contributed by atoms with Crippen molar-refractivity contribution in [1.82, 2.24) is 29.9 Å². The molecule has 6 N–H and O–H groups in total. The molecule has 2 aromatic carbocycles. The van der Waals surface area contributed by atoms with Crippen LogP contribution in [-0.2, 0) is 12.8 Å². The van der Waals surface area contributed by atoms with Crippen LogP contribution in [0.2, 0.25) is 0 Å². The maximum atomic E-state index is 6.27. The molecule has 0 saturated heterocycles. The Morgan fingerprint density at radius 2 is 1.30 bits per heavy atom. The zero-order valence-electron chi connectivity index (χ0n) is 16.8. The van der Waals surface area contributed by atoms with Crippen molar-refractivity contribution in [2.75, 3.05) is 11.5 Å². The second-order valence-corrected chi connectivity index (χ2v) is 7.59. The van der Waals surface area contributed by atoms with Crippen LogP contribution in [0.3, 0.4) is 0 Å². The number of nitrogens with two attached hydrogens (primary N) is 2. The van der Waals surface area contributed by atoms with E-state index in [0.717, 1.165) is 56.1 Å². The Bertz CT molecular complexity index is 1400. The van der Waals surface area contributed by atoms with Crippen LogP contribution in [0.25, 0.3) is 22.1 Å². The quantitative estimate of drug-likeness (QED) is 0.367. The number of nitrogen functional groups attached to an aromatic ring is 2. The Hall–Kier alpha value is -3.94. The van der Waals surface area contributed by atoms with Crippen LogP contribution in [0.4, 0.5) is 11.8 Å². The van der Waals surface area contributed by atoms with Crippen LogP contribution < -0.4 is 11.5 Å². The van der Waals surface area contributed by atoms with Gasteiger partial charge in [0.05, 0.1) is 27.8 Å². The maximum absolute atomic E-state index is 6.27. The van der Waals surface area contributed by atoms with Crippen molar-refractivity contribution in [3.05, 3.63) is 70.4 Å². The maximum Gasteiger partial charge on any atom is 0.222 e. The Morgan fingerprint density at radius 3 is 1.90 bits per heavy atom. The van der Waals surface area contributed by atoms with Crippen LogP contribution in [0.1, 0.15) is 34.0 Å². The molecule has 8 heteroatoms. The summed E-state index contributed by atoms with van der Waals surface area (Å²) in [6.45, 7) is 3.89. The van der Waals surface area contributed by atoms with E-state index < -0.39 is 0 Å². The minimum absolute atomic E-state index is 0.185. The number of imidazole rings is 2. The summed E-state index contributed by atoms with van der Waals surface area (Å²) >= 11 is 0. The van der Waals surface area contributed by atoms with Crippen molar-refractivity contribution in [2.45, 2.75) is 26.7 Å². The van der Waals surface area contributed by atoms with Gasteiger partial charge in [-0.3, -0.25) is 0 Å². The number of H-pyrrole nitrogens is 2. The zero-order valence-corrected chi connectivity index (χ0v) is 16.8. The van der Waals surface area contributed by atoms with Crippen molar-refractivity contribution in [3.63, 3.8) is 0 Å². The third kappa shape index (κ3) is 3.32. The topological polar surface area (TPSA) is 135 Å². The summed E-state index contributed by atoms with van der Waals surface area (Å²) in [5.74, 6) is 2.38. The highest BCUT2D eigenvalue weighted by molar-refractivity contribution is 5.77. The SMILES string of the molecule is Cc1nc2ccc(Cc3nc(N)nc(N)c3Cc3ccc4nc(C)[nH]c4c3)cc2[nH]1. The second-order valence-electron chi connectivity index (χ2n) is 7.59. The Kier molecular flexibility index (Phi) is 4.13. The summed E-state index contributed by atoms with van der Waals surface area (Å²) in [5, 5.41) is 0. The summed E-state index contributed by atoms with van der Waals surface area (Å²) < 4.78 is 0. The van der Waals surface area contributed by atoms with E-state index in [1.165, 1.54) is 0 Å². The van der Waals surface area contributed by atoms with Gasteiger partial charge in [0.15, 0.2) is 0 Å². The van der Waals surface area contributed by atoms with E-state index in [0.29, 0.717) is 18.7 Å². The molecule has 0 unspecified atom stereocenters. The van der Waals surface area contributed by atoms with Crippen molar-refractivity contribution in [1.29, 1.82) is 0 Å². The standard InChI is InChI=1S/C22H22N8/c1-11-25-16-5-3-13(9-19(16)27-11)7-15-18(29-22(24)30-21(15)23)8-14-4-6-17-20(10-14)28-12(2)26-17/h3-6,9-10H,7-8H2,1-2H3,(H,25,27)(H,26,28)(H4,23,24,29,30). The van der Waals surface area contributed by atoms with Gasteiger partial charge in [-0.25, -0.2) is 15.0 Å². The monoisotopic (exact) mass is 398 g/mol. The molecule has 0 fully saturated rings. The molecule has 5 rings (SSSR count). The predicted octanol–water partition coefficient (Wildman–Crippen LogP) is 3.19. The van der Waals surface area contributed by atoms with Gasteiger partial charge in [-0.2, -0.15) is 4.98 Å². The lowest BCUT2D eigenvalue weighted by Gasteiger charge is -2.12. The first-order valence-electron chi connectivity index (χ1n) is 9.76. The highest BCUT2D eigenvalue weighted by atomic mass is 15.0. The average Bonchev–Trinajstić information content (AvgIpc) is 3.24. The van der Waals surface area contributed by atoms with Crippen LogP contribution in [-0.4, -0.2) is 29.9 Å². The number of aromatic nitrogens is 6. The first-order chi connectivity index (χ1) is 14.4. The molecule has 0 radical (unpaired) electrons. The van der Waals surface area contributed by atoms with E-state index in [1.54, 1.807) is 0 Å². The lowest BCUT2D eigenvalue weighted by atomic mass is 9.99. The highest BCUT2D eigenvalue weighted by Crippen LogP contribution is 2.24. The molecular weight excluding hydrogens is 376 g/mol. The summed E-state index contributed by atoms with van der Waals surface area (Å²) in [6, 6.07) is 12.3. The number of fused-ring (bicyclic) bond motifs is 2. The van der Waals surface area contributed by atoms with Gasteiger partial charge in [-0.15, -0.1) is 0 Å². The van der Waals surface area contributed by atoms with E-state index in [2.05, 4.69) is 54.2 Å². The lowest BCUT2D eigenvalue weighted by molar-refractivity contribution is 0.981. The largest absolute Gasteiger partial charge is 0.383 e. The molecule has 3 aromatic heterocycles. The minimum Gasteiger partial charge on any atom is -0.383 e. The van der Waals surface area contributed by atoms with Crippen molar-refractivity contribution in [2.24, 2.45) is 0 Å². The number of anilines is 2. The molecule has 0 aliphatic carbocycles. The molecule has 3 heterocycles. The second kappa shape index (κ2) is 6.84. The summed E-state index contributed by atoms with van der Waals surface area (Å²) in [4.78, 5) is 24.2. The van der Waals surface area contributed by atoms with Crippen molar-refractivity contribution in [3.8, 4) is 0 Å². The third-order valence-electron chi connectivity index (χ3n) is 5.22. The predicted molar refractivity (Wildman–Crippen MR) is 118 cm³/mol. The smallest absolute Gasteiger partial charge is 0.222 e. The zero-order chi connectivity index (χ0) is 20.8. The summed E-state index contributed by atoms with van der Waals surface area (Å²) in [5.41, 5.74) is 20.0. The Labute approximate surface area is 172 Å². The van der Waals surface area contributed by atoms with Gasteiger partial charge >= 0.3 is 0 Å². The van der Waals surface area contributed by atoms with Gasteiger partial charge in [-0.05, 0) is 49.2 Å². The molecule has 30 heavy (non-hydrogen) atoms. The van der Waals surface area contributed by atoms with Gasteiger partial charge in [0, 0.05) is 18.4 Å². The number of aromatic amines is 2. The highest BCUT2D eigenvalue weighted by Gasteiger charge is 2.14. The number of aryl methyl sites for hydroxylation is 2. The molecule has 0 saturated carbocycles. The summed E-state index contributed by atoms with van der Waals surface area (Å²) in [6.07, 6.45) is 1.21. The lowest BCUT2D eigenvalue weighted by Crippen LogP contribution is -2.10. The van der Waals surface area contributed by atoms with E-state index in [9.17, 15) is 0 Å². The fourth-order valence-corrected chi connectivity index (χ4v) is 3.89. The van der Waals surface area contributed by atoms with Gasteiger partial charge in [-0.1, -0.05) is 12.1 Å². The molecule has 0 amide bonds. The number of hydrogen-bond acceptors (Lipinski definition) is 6. The molecule has 150 valence electrons. The molecule has 0 bridgehead atoms. The molecule has 0 spiro atoms. The van der Waals surface area contributed by atoms with Crippen LogP contribution >= 0.6 is 0 Å². The number of hydrogen-bond donors (Lipinski definition) is 4. The molecule has 0 aliphatic rings. The third-order valence-corrected chi connectivity index (χ3v) is 5.22. The Balaban J connectivity index is 1.52. The van der Waals surface area contributed by atoms with E-state index in [-0.39, 0.29) is 5.95 Å². The van der Waals surface area contributed by atoms with E-state index >= 15 is 0 Å². The van der Waals surface area contributed by atoms with Crippen LogP contribution in [0.5, 0.6) is 0 Å². The van der Waals surface area contributed by atoms with E-state index in [1.807, 2.05) is 26.0 Å². The molecule has 0 aliphatic heterocycles. The average molecular weight is 398 g/mol. The minimum atomic E-state index is 0.185. The first-order valence-corrected chi connectivity index (χ1v) is 9.76. The molecule has 8 nitrogen and oxygen atoms in total. The number of nitrogens with one attached hydrogen (secondary N) is 2. The fraction of sp³-hybridized carbons (Fsp3) is 0.182. The first kappa shape index (κ1) is 18.1. The van der Waals surface area contributed by atoms with Crippen LogP contribution in [0.15, 0.2) is 36.4 Å².